The molecular weight excluding hydrogens is 257 g/mol. The van der Waals surface area contributed by atoms with Gasteiger partial charge >= 0.3 is 0 Å². The zero-order valence-corrected chi connectivity index (χ0v) is 10.6. The first kappa shape index (κ1) is 12.4. The summed E-state index contributed by atoms with van der Waals surface area (Å²) in [5.41, 5.74) is 0.632. The van der Waals surface area contributed by atoms with Gasteiger partial charge in [0, 0.05) is 6.42 Å². The number of rotatable bonds is 4. The van der Waals surface area contributed by atoms with Crippen LogP contribution in [0.4, 0.5) is 0 Å². The van der Waals surface area contributed by atoms with E-state index in [9.17, 15) is 4.79 Å². The number of Topliss-reactive ketones (excluding diaryl/α,β-unsaturated/α-hetero) is 1. The zero-order valence-electron chi connectivity index (χ0n) is 9.12. The second-order valence-corrected chi connectivity index (χ2v) is 5.16. The summed E-state index contributed by atoms with van der Waals surface area (Å²) in [6.45, 7) is 0. The summed E-state index contributed by atoms with van der Waals surface area (Å²) in [4.78, 5) is 11.9. The van der Waals surface area contributed by atoms with Crippen molar-refractivity contribution in [2.75, 3.05) is 0 Å². The van der Waals surface area contributed by atoms with E-state index in [1.54, 1.807) is 18.2 Å². The molecule has 0 aromatic heterocycles. The fraction of sp³-hybridized carbons (Fsp3) is 0.385. The lowest BCUT2D eigenvalue weighted by atomic mass is 9.93. The minimum absolute atomic E-state index is 0.0200. The Bertz CT molecular complexity index is 489. The standard InChI is InChI=1S/C13H11Cl2NO/c14-11-4-3-9(6-12(11)15)10(7-16)13(17)5-8-1-2-8/h3-4,6,8,10H,1-2,5H2. The molecule has 1 saturated carbocycles. The van der Waals surface area contributed by atoms with E-state index in [2.05, 4.69) is 0 Å². The van der Waals surface area contributed by atoms with Crippen molar-refractivity contribution in [2.24, 2.45) is 5.92 Å². The molecule has 0 amide bonds. The molecule has 1 aromatic rings. The van der Waals surface area contributed by atoms with Crippen LogP contribution in [-0.4, -0.2) is 5.78 Å². The topological polar surface area (TPSA) is 40.9 Å². The summed E-state index contributed by atoms with van der Waals surface area (Å²) in [6.07, 6.45) is 2.70. The van der Waals surface area contributed by atoms with E-state index in [1.807, 2.05) is 6.07 Å². The first-order valence-electron chi connectivity index (χ1n) is 5.49. The minimum atomic E-state index is -0.717. The SMILES string of the molecule is N#CC(C(=O)CC1CC1)c1ccc(Cl)c(Cl)c1. The summed E-state index contributed by atoms with van der Waals surface area (Å²) in [5, 5.41) is 9.91. The Balaban J connectivity index is 2.19. The summed E-state index contributed by atoms with van der Waals surface area (Å²) >= 11 is 11.7. The molecule has 4 heteroatoms. The number of carbonyl (C=O) groups is 1. The van der Waals surface area contributed by atoms with Gasteiger partial charge in [-0.05, 0) is 36.5 Å². The first-order chi connectivity index (χ1) is 8.11. The van der Waals surface area contributed by atoms with Crippen molar-refractivity contribution < 1.29 is 4.79 Å². The van der Waals surface area contributed by atoms with E-state index in [-0.39, 0.29) is 5.78 Å². The van der Waals surface area contributed by atoms with Gasteiger partial charge in [-0.15, -0.1) is 0 Å². The summed E-state index contributed by atoms with van der Waals surface area (Å²) in [7, 11) is 0. The average Bonchev–Trinajstić information content (AvgIpc) is 3.08. The Kier molecular flexibility index (Phi) is 3.71. The van der Waals surface area contributed by atoms with Crippen LogP contribution in [0.3, 0.4) is 0 Å². The molecule has 1 aromatic carbocycles. The van der Waals surface area contributed by atoms with Crippen molar-refractivity contribution in [3.8, 4) is 6.07 Å². The van der Waals surface area contributed by atoms with Gasteiger partial charge in [-0.2, -0.15) is 5.26 Å². The number of hydrogen-bond acceptors (Lipinski definition) is 2. The molecule has 1 fully saturated rings. The highest BCUT2D eigenvalue weighted by Gasteiger charge is 2.29. The highest BCUT2D eigenvalue weighted by molar-refractivity contribution is 6.42. The monoisotopic (exact) mass is 267 g/mol. The van der Waals surface area contributed by atoms with Crippen LogP contribution in [0.2, 0.25) is 10.0 Å². The molecule has 0 radical (unpaired) electrons. The third-order valence-electron chi connectivity index (χ3n) is 2.91. The largest absolute Gasteiger partial charge is 0.298 e. The van der Waals surface area contributed by atoms with Crippen molar-refractivity contribution in [3.05, 3.63) is 33.8 Å². The molecule has 0 N–H and O–H groups in total. The molecule has 0 heterocycles. The third-order valence-corrected chi connectivity index (χ3v) is 3.65. The zero-order chi connectivity index (χ0) is 12.4. The predicted molar refractivity (Wildman–Crippen MR) is 67.2 cm³/mol. The molecule has 17 heavy (non-hydrogen) atoms. The quantitative estimate of drug-likeness (QED) is 0.828. The molecular formula is C13H11Cl2NO. The van der Waals surface area contributed by atoms with E-state index in [1.165, 1.54) is 0 Å². The van der Waals surface area contributed by atoms with Gasteiger partial charge in [0.2, 0.25) is 0 Å². The van der Waals surface area contributed by atoms with Crippen LogP contribution in [0, 0.1) is 17.2 Å². The summed E-state index contributed by atoms with van der Waals surface area (Å²) < 4.78 is 0. The van der Waals surface area contributed by atoms with Gasteiger partial charge in [-0.3, -0.25) is 4.79 Å². The molecule has 1 aliphatic rings. The lowest BCUT2D eigenvalue weighted by molar-refractivity contribution is -0.119. The fourth-order valence-electron chi connectivity index (χ4n) is 1.75. The van der Waals surface area contributed by atoms with Crippen LogP contribution in [0.25, 0.3) is 0 Å². The van der Waals surface area contributed by atoms with E-state index >= 15 is 0 Å². The maximum Gasteiger partial charge on any atom is 0.154 e. The molecule has 2 rings (SSSR count). The van der Waals surface area contributed by atoms with Crippen molar-refractivity contribution in [1.82, 2.24) is 0 Å². The van der Waals surface area contributed by atoms with Gasteiger partial charge in [0.05, 0.1) is 16.1 Å². The second-order valence-electron chi connectivity index (χ2n) is 4.35. The van der Waals surface area contributed by atoms with Gasteiger partial charge in [0.25, 0.3) is 0 Å². The van der Waals surface area contributed by atoms with Crippen molar-refractivity contribution >= 4 is 29.0 Å². The van der Waals surface area contributed by atoms with Gasteiger partial charge in [0.1, 0.15) is 5.92 Å². The highest BCUT2D eigenvalue weighted by Crippen LogP contribution is 2.35. The molecule has 0 aliphatic heterocycles. The number of carbonyl (C=O) groups excluding carboxylic acids is 1. The van der Waals surface area contributed by atoms with E-state index in [4.69, 9.17) is 28.5 Å². The average molecular weight is 268 g/mol. The number of nitrogens with zero attached hydrogens (tertiary/aromatic N) is 1. The molecule has 0 spiro atoms. The van der Waals surface area contributed by atoms with Crippen molar-refractivity contribution in [3.63, 3.8) is 0 Å². The molecule has 0 saturated heterocycles. The third kappa shape index (κ3) is 3.00. The lowest BCUT2D eigenvalue weighted by Crippen LogP contribution is -2.11. The first-order valence-corrected chi connectivity index (χ1v) is 6.24. The molecule has 2 nitrogen and oxygen atoms in total. The summed E-state index contributed by atoms with van der Waals surface area (Å²) in [6, 6.07) is 6.95. The second kappa shape index (κ2) is 5.08. The van der Waals surface area contributed by atoms with E-state index < -0.39 is 5.92 Å². The Labute approximate surface area is 110 Å². The number of hydrogen-bond donors (Lipinski definition) is 0. The Morgan fingerprint density at radius 3 is 2.65 bits per heavy atom. The number of nitriles is 1. The van der Waals surface area contributed by atoms with Gasteiger partial charge < -0.3 is 0 Å². The van der Waals surface area contributed by atoms with E-state index in [0.29, 0.717) is 27.9 Å². The van der Waals surface area contributed by atoms with Crippen LogP contribution < -0.4 is 0 Å². The fourth-order valence-corrected chi connectivity index (χ4v) is 2.06. The van der Waals surface area contributed by atoms with Crippen molar-refractivity contribution in [1.29, 1.82) is 5.26 Å². The molecule has 1 aliphatic carbocycles. The molecule has 1 unspecified atom stereocenters. The highest BCUT2D eigenvalue weighted by atomic mass is 35.5. The minimum Gasteiger partial charge on any atom is -0.298 e. The molecule has 1 atom stereocenters. The number of benzene rings is 1. The Morgan fingerprint density at radius 1 is 1.41 bits per heavy atom. The predicted octanol–water partition coefficient (Wildman–Crippen LogP) is 3.97. The van der Waals surface area contributed by atoms with Crippen LogP contribution >= 0.6 is 23.2 Å². The molecule has 0 bridgehead atoms. The Morgan fingerprint density at radius 2 is 2.12 bits per heavy atom. The maximum absolute atomic E-state index is 11.9. The number of ketones is 1. The number of halogens is 2. The van der Waals surface area contributed by atoms with Gasteiger partial charge in [-0.1, -0.05) is 29.3 Å². The lowest BCUT2D eigenvalue weighted by Gasteiger charge is -2.09. The van der Waals surface area contributed by atoms with E-state index in [0.717, 1.165) is 12.8 Å². The molecule has 88 valence electrons. The summed E-state index contributed by atoms with van der Waals surface area (Å²) in [5.74, 6) is -0.250. The van der Waals surface area contributed by atoms with Gasteiger partial charge in [-0.25, -0.2) is 0 Å². The maximum atomic E-state index is 11.9. The van der Waals surface area contributed by atoms with Crippen LogP contribution in [0.1, 0.15) is 30.7 Å². The smallest absolute Gasteiger partial charge is 0.154 e. The van der Waals surface area contributed by atoms with Crippen LogP contribution in [0.5, 0.6) is 0 Å². The van der Waals surface area contributed by atoms with Crippen LogP contribution in [-0.2, 0) is 4.79 Å². The Hall–Kier alpha value is -1.04. The van der Waals surface area contributed by atoms with Crippen LogP contribution in [0.15, 0.2) is 18.2 Å². The van der Waals surface area contributed by atoms with Gasteiger partial charge in [0.15, 0.2) is 5.78 Å². The normalized spacial score (nSPS) is 16.3. The van der Waals surface area contributed by atoms with Crippen molar-refractivity contribution in [2.45, 2.75) is 25.2 Å².